The molecule has 0 saturated carbocycles. The molecule has 1 amide bonds. The van der Waals surface area contributed by atoms with Crippen LogP contribution in [0, 0.1) is 6.92 Å². The Morgan fingerprint density at radius 2 is 1.53 bits per heavy atom. The highest BCUT2D eigenvalue weighted by atomic mass is 16.5. The molecular weight excluding hydrogens is 406 g/mol. The van der Waals surface area contributed by atoms with E-state index < -0.39 is 0 Å². The van der Waals surface area contributed by atoms with Gasteiger partial charge in [0.25, 0.3) is 5.91 Å². The van der Waals surface area contributed by atoms with Crippen molar-refractivity contribution in [2.75, 3.05) is 41.8 Å². The van der Waals surface area contributed by atoms with E-state index in [0.717, 1.165) is 30.3 Å². The summed E-state index contributed by atoms with van der Waals surface area (Å²) >= 11 is 0. The van der Waals surface area contributed by atoms with E-state index in [2.05, 4.69) is 25.5 Å². The molecule has 1 saturated heterocycles. The van der Waals surface area contributed by atoms with Gasteiger partial charge in [-0.3, -0.25) is 9.59 Å². The number of ketones is 1. The summed E-state index contributed by atoms with van der Waals surface area (Å²) in [5.41, 5.74) is 3.42. The largest absolute Gasteiger partial charge is 0.378 e. The van der Waals surface area contributed by atoms with Crippen molar-refractivity contribution in [3.05, 3.63) is 71.4 Å². The standard InChI is InChI=1S/C24H25N5O3/c1-16-15-22(29-11-13-32-14-12-29)28-24(25-16)27-21-9-7-20(8-10-21)26-23(31)19-5-3-18(4-6-19)17(2)30/h3-10,15H,11-14H2,1-2H3,(H,26,31)(H,25,27,28). The Hall–Kier alpha value is -3.78. The zero-order valence-electron chi connectivity index (χ0n) is 18.1. The van der Waals surface area contributed by atoms with Crippen LogP contribution in [-0.4, -0.2) is 48.0 Å². The van der Waals surface area contributed by atoms with Crippen LogP contribution in [0.25, 0.3) is 0 Å². The van der Waals surface area contributed by atoms with E-state index in [4.69, 9.17) is 4.74 Å². The maximum absolute atomic E-state index is 12.5. The lowest BCUT2D eigenvalue weighted by Crippen LogP contribution is -2.36. The third kappa shape index (κ3) is 5.28. The van der Waals surface area contributed by atoms with Crippen LogP contribution in [0.3, 0.4) is 0 Å². The average molecular weight is 431 g/mol. The fraction of sp³-hybridized carbons (Fsp3) is 0.250. The average Bonchev–Trinajstić information content (AvgIpc) is 2.80. The molecule has 1 aliphatic heterocycles. The Morgan fingerprint density at radius 3 is 2.19 bits per heavy atom. The van der Waals surface area contributed by atoms with E-state index in [-0.39, 0.29) is 11.7 Å². The van der Waals surface area contributed by atoms with Gasteiger partial charge in [0, 0.05) is 47.4 Å². The maximum Gasteiger partial charge on any atom is 0.255 e. The van der Waals surface area contributed by atoms with Crippen molar-refractivity contribution in [2.45, 2.75) is 13.8 Å². The van der Waals surface area contributed by atoms with E-state index in [9.17, 15) is 9.59 Å². The fourth-order valence-electron chi connectivity index (χ4n) is 3.39. The first-order valence-electron chi connectivity index (χ1n) is 10.5. The highest BCUT2D eigenvalue weighted by Gasteiger charge is 2.14. The number of aromatic nitrogens is 2. The molecule has 4 rings (SSSR count). The number of aryl methyl sites for hydroxylation is 1. The van der Waals surface area contributed by atoms with Gasteiger partial charge in [-0.25, -0.2) is 4.98 Å². The van der Waals surface area contributed by atoms with Gasteiger partial charge in [0.2, 0.25) is 5.95 Å². The van der Waals surface area contributed by atoms with Crippen molar-refractivity contribution in [1.29, 1.82) is 0 Å². The predicted molar refractivity (Wildman–Crippen MR) is 124 cm³/mol. The summed E-state index contributed by atoms with van der Waals surface area (Å²) in [7, 11) is 0. The van der Waals surface area contributed by atoms with Crippen molar-refractivity contribution in [3.8, 4) is 0 Å². The van der Waals surface area contributed by atoms with Gasteiger partial charge in [0.1, 0.15) is 5.82 Å². The van der Waals surface area contributed by atoms with Crippen LogP contribution in [0.15, 0.2) is 54.6 Å². The molecule has 0 radical (unpaired) electrons. The van der Waals surface area contributed by atoms with E-state index >= 15 is 0 Å². The van der Waals surface area contributed by atoms with Crippen molar-refractivity contribution in [2.24, 2.45) is 0 Å². The predicted octanol–water partition coefficient (Wildman–Crippen LogP) is 3.82. The second-order valence-corrected chi connectivity index (χ2v) is 7.58. The molecule has 0 aliphatic carbocycles. The zero-order valence-corrected chi connectivity index (χ0v) is 18.1. The Labute approximate surface area is 186 Å². The minimum absolute atomic E-state index is 0.0327. The Bertz CT molecular complexity index is 1110. The second kappa shape index (κ2) is 9.57. The molecular formula is C24H25N5O3. The highest BCUT2D eigenvalue weighted by molar-refractivity contribution is 6.05. The van der Waals surface area contributed by atoms with Crippen LogP contribution in [0.2, 0.25) is 0 Å². The summed E-state index contributed by atoms with van der Waals surface area (Å²) in [5, 5.41) is 6.09. The van der Waals surface area contributed by atoms with Gasteiger partial charge >= 0.3 is 0 Å². The zero-order chi connectivity index (χ0) is 22.5. The normalized spacial score (nSPS) is 13.5. The first kappa shape index (κ1) is 21.5. The summed E-state index contributed by atoms with van der Waals surface area (Å²) in [5.74, 6) is 1.13. The quantitative estimate of drug-likeness (QED) is 0.573. The van der Waals surface area contributed by atoms with E-state index in [1.54, 1.807) is 24.3 Å². The number of nitrogens with zero attached hydrogens (tertiary/aromatic N) is 3. The lowest BCUT2D eigenvalue weighted by Gasteiger charge is -2.28. The lowest BCUT2D eigenvalue weighted by atomic mass is 10.1. The summed E-state index contributed by atoms with van der Waals surface area (Å²) in [6.07, 6.45) is 0. The number of morpholine rings is 1. The van der Waals surface area contributed by atoms with Gasteiger partial charge in [0.05, 0.1) is 13.2 Å². The summed E-state index contributed by atoms with van der Waals surface area (Å²) in [6.45, 7) is 6.44. The number of hydrogen-bond acceptors (Lipinski definition) is 7. The Balaban J connectivity index is 1.41. The molecule has 1 aliphatic rings. The number of hydrogen-bond donors (Lipinski definition) is 2. The molecule has 0 spiro atoms. The number of nitrogens with one attached hydrogen (secondary N) is 2. The summed E-state index contributed by atoms with van der Waals surface area (Å²) < 4.78 is 5.41. The molecule has 0 unspecified atom stereocenters. The SMILES string of the molecule is CC(=O)c1ccc(C(=O)Nc2ccc(Nc3nc(C)cc(N4CCOCC4)n3)cc2)cc1. The van der Waals surface area contributed by atoms with Gasteiger partial charge in [-0.15, -0.1) is 0 Å². The van der Waals surface area contributed by atoms with Crippen molar-refractivity contribution < 1.29 is 14.3 Å². The monoisotopic (exact) mass is 431 g/mol. The smallest absolute Gasteiger partial charge is 0.255 e. The number of anilines is 4. The maximum atomic E-state index is 12.5. The van der Waals surface area contributed by atoms with Gasteiger partial charge < -0.3 is 20.3 Å². The number of Topliss-reactive ketones (excluding diaryl/α,β-unsaturated/α-hetero) is 1. The number of benzene rings is 2. The van der Waals surface area contributed by atoms with Crippen LogP contribution in [-0.2, 0) is 4.74 Å². The summed E-state index contributed by atoms with van der Waals surface area (Å²) in [4.78, 5) is 35.1. The lowest BCUT2D eigenvalue weighted by molar-refractivity contribution is 0.101. The minimum Gasteiger partial charge on any atom is -0.378 e. The topological polar surface area (TPSA) is 96.5 Å². The van der Waals surface area contributed by atoms with Crippen LogP contribution < -0.4 is 15.5 Å². The van der Waals surface area contributed by atoms with E-state index in [1.165, 1.54) is 6.92 Å². The van der Waals surface area contributed by atoms with Gasteiger partial charge in [-0.1, -0.05) is 12.1 Å². The molecule has 0 bridgehead atoms. The summed E-state index contributed by atoms with van der Waals surface area (Å²) in [6, 6.07) is 15.9. The molecule has 164 valence electrons. The van der Waals surface area contributed by atoms with Crippen molar-refractivity contribution in [1.82, 2.24) is 9.97 Å². The molecule has 2 aromatic carbocycles. The highest BCUT2D eigenvalue weighted by Crippen LogP contribution is 2.21. The molecule has 3 aromatic rings. The number of amides is 1. The second-order valence-electron chi connectivity index (χ2n) is 7.58. The molecule has 2 N–H and O–H groups in total. The third-order valence-corrected chi connectivity index (χ3v) is 5.13. The van der Waals surface area contributed by atoms with E-state index in [1.807, 2.05) is 37.3 Å². The number of carbonyl (C=O) groups excluding carboxylic acids is 2. The van der Waals surface area contributed by atoms with Gasteiger partial charge in [0.15, 0.2) is 5.78 Å². The fourth-order valence-corrected chi connectivity index (χ4v) is 3.39. The Morgan fingerprint density at radius 1 is 0.906 bits per heavy atom. The van der Waals surface area contributed by atoms with Crippen LogP contribution in [0.1, 0.15) is 33.3 Å². The number of ether oxygens (including phenoxy) is 1. The first-order chi connectivity index (χ1) is 15.5. The van der Waals surface area contributed by atoms with Crippen LogP contribution in [0.4, 0.5) is 23.1 Å². The minimum atomic E-state index is -0.238. The van der Waals surface area contributed by atoms with Crippen molar-refractivity contribution >= 4 is 34.8 Å². The first-order valence-corrected chi connectivity index (χ1v) is 10.5. The molecule has 8 heteroatoms. The third-order valence-electron chi connectivity index (χ3n) is 5.13. The van der Waals surface area contributed by atoms with Gasteiger partial charge in [-0.05, 0) is 50.2 Å². The van der Waals surface area contributed by atoms with Crippen LogP contribution in [0.5, 0.6) is 0 Å². The molecule has 2 heterocycles. The molecule has 1 aromatic heterocycles. The molecule has 32 heavy (non-hydrogen) atoms. The van der Waals surface area contributed by atoms with E-state index in [0.29, 0.717) is 36.0 Å². The van der Waals surface area contributed by atoms with Crippen molar-refractivity contribution in [3.63, 3.8) is 0 Å². The molecule has 1 fully saturated rings. The molecule has 0 atom stereocenters. The van der Waals surface area contributed by atoms with Crippen LogP contribution >= 0.6 is 0 Å². The number of carbonyl (C=O) groups is 2. The molecule has 8 nitrogen and oxygen atoms in total. The number of rotatable bonds is 6. The van der Waals surface area contributed by atoms with Gasteiger partial charge in [-0.2, -0.15) is 4.98 Å². The Kier molecular flexibility index (Phi) is 6.42.